The summed E-state index contributed by atoms with van der Waals surface area (Å²) in [5.41, 5.74) is 1.31. The second-order valence-corrected chi connectivity index (χ2v) is 7.44. The number of nitrogens with zero attached hydrogens (tertiary/aromatic N) is 1. The van der Waals surface area contributed by atoms with E-state index >= 15 is 0 Å². The number of thioether (sulfide) groups is 1. The van der Waals surface area contributed by atoms with Gasteiger partial charge in [0.05, 0.1) is 18.5 Å². The number of ether oxygens (including phenoxy) is 2. The number of likely N-dealkylation sites (tertiary alicyclic amines) is 1. The minimum absolute atomic E-state index is 0.0395. The highest BCUT2D eigenvalue weighted by molar-refractivity contribution is 8.01. The molecule has 0 radical (unpaired) electrons. The first kappa shape index (κ1) is 14.5. The molecule has 3 aliphatic heterocycles. The van der Waals surface area contributed by atoms with Crippen LogP contribution in [0.1, 0.15) is 18.4 Å². The lowest BCUT2D eigenvalue weighted by Gasteiger charge is -2.35. The van der Waals surface area contributed by atoms with E-state index in [-0.39, 0.29) is 11.5 Å². The zero-order valence-corrected chi connectivity index (χ0v) is 13.4. The lowest BCUT2D eigenvalue weighted by molar-refractivity contribution is -0.136. The van der Waals surface area contributed by atoms with Crippen molar-refractivity contribution in [2.45, 2.75) is 35.7 Å². The number of amides is 1. The SMILES string of the molecule is O=C(C1Cc2ccccc2S1)N1CCC(C2OCCO2)CC1. The first-order valence-corrected chi connectivity index (χ1v) is 8.96. The van der Waals surface area contributed by atoms with Gasteiger partial charge in [-0.1, -0.05) is 18.2 Å². The quantitative estimate of drug-likeness (QED) is 0.838. The van der Waals surface area contributed by atoms with Crippen LogP contribution in [-0.2, 0) is 20.7 Å². The van der Waals surface area contributed by atoms with E-state index in [1.807, 2.05) is 11.0 Å². The van der Waals surface area contributed by atoms with Crippen molar-refractivity contribution in [3.63, 3.8) is 0 Å². The third kappa shape index (κ3) is 2.77. The van der Waals surface area contributed by atoms with Gasteiger partial charge < -0.3 is 14.4 Å². The van der Waals surface area contributed by atoms with Crippen LogP contribution in [-0.4, -0.2) is 48.7 Å². The molecule has 1 aromatic carbocycles. The molecule has 0 bridgehead atoms. The van der Waals surface area contributed by atoms with Crippen molar-refractivity contribution < 1.29 is 14.3 Å². The van der Waals surface area contributed by atoms with Gasteiger partial charge in [-0.15, -0.1) is 11.8 Å². The van der Waals surface area contributed by atoms with E-state index in [1.165, 1.54) is 10.5 Å². The molecule has 118 valence electrons. The van der Waals surface area contributed by atoms with Gasteiger partial charge in [-0.25, -0.2) is 0 Å². The first-order valence-electron chi connectivity index (χ1n) is 8.08. The van der Waals surface area contributed by atoms with E-state index in [4.69, 9.17) is 9.47 Å². The van der Waals surface area contributed by atoms with Gasteiger partial charge in [-0.3, -0.25) is 4.79 Å². The highest BCUT2D eigenvalue weighted by Crippen LogP contribution is 2.38. The maximum atomic E-state index is 12.7. The van der Waals surface area contributed by atoms with Gasteiger partial charge in [0.2, 0.25) is 5.91 Å². The molecular formula is C17H21NO3S. The molecule has 0 N–H and O–H groups in total. The second kappa shape index (κ2) is 6.22. The second-order valence-electron chi connectivity index (χ2n) is 6.19. The Morgan fingerprint density at radius 2 is 1.86 bits per heavy atom. The number of benzene rings is 1. The zero-order valence-electron chi connectivity index (χ0n) is 12.6. The van der Waals surface area contributed by atoms with Crippen LogP contribution < -0.4 is 0 Å². The maximum absolute atomic E-state index is 12.7. The van der Waals surface area contributed by atoms with Gasteiger partial charge in [0.15, 0.2) is 6.29 Å². The molecule has 2 saturated heterocycles. The van der Waals surface area contributed by atoms with Crippen molar-refractivity contribution in [2.24, 2.45) is 5.92 Å². The van der Waals surface area contributed by atoms with Crippen molar-refractivity contribution in [3.8, 4) is 0 Å². The molecule has 0 aliphatic carbocycles. The summed E-state index contributed by atoms with van der Waals surface area (Å²) in [5, 5.41) is 0.0629. The van der Waals surface area contributed by atoms with Crippen molar-refractivity contribution >= 4 is 17.7 Å². The summed E-state index contributed by atoms with van der Waals surface area (Å²) < 4.78 is 11.2. The summed E-state index contributed by atoms with van der Waals surface area (Å²) in [5.74, 6) is 0.743. The standard InChI is InChI=1S/C17H21NO3S/c19-16(15-11-13-3-1-2-4-14(13)22-15)18-7-5-12(6-8-18)17-20-9-10-21-17/h1-4,12,15,17H,5-11H2. The minimum atomic E-state index is -0.0395. The number of hydrogen-bond acceptors (Lipinski definition) is 4. The number of hydrogen-bond donors (Lipinski definition) is 0. The minimum Gasteiger partial charge on any atom is -0.350 e. The predicted octanol–water partition coefficient (Wildman–Crippen LogP) is 2.31. The number of carbonyl (C=O) groups excluding carboxylic acids is 1. The summed E-state index contributed by atoms with van der Waals surface area (Å²) in [4.78, 5) is 16.0. The topological polar surface area (TPSA) is 38.8 Å². The third-order valence-electron chi connectivity index (χ3n) is 4.81. The predicted molar refractivity (Wildman–Crippen MR) is 84.8 cm³/mol. The molecule has 22 heavy (non-hydrogen) atoms. The zero-order chi connectivity index (χ0) is 14.9. The van der Waals surface area contributed by atoms with Crippen LogP contribution in [0, 0.1) is 5.92 Å². The van der Waals surface area contributed by atoms with Crippen LogP contribution in [0.2, 0.25) is 0 Å². The Bertz CT molecular complexity index is 526. The van der Waals surface area contributed by atoms with Crippen molar-refractivity contribution in [3.05, 3.63) is 29.8 Å². The fourth-order valence-electron chi connectivity index (χ4n) is 3.56. The molecule has 2 fully saturated rings. The van der Waals surface area contributed by atoms with Gasteiger partial charge in [0.25, 0.3) is 0 Å². The molecule has 3 heterocycles. The summed E-state index contributed by atoms with van der Waals surface area (Å²) in [6.45, 7) is 3.09. The van der Waals surface area contributed by atoms with Crippen LogP contribution in [0.25, 0.3) is 0 Å². The van der Waals surface area contributed by atoms with Crippen LogP contribution in [0.3, 0.4) is 0 Å². The van der Waals surface area contributed by atoms with Gasteiger partial charge in [0, 0.05) is 23.9 Å². The molecular weight excluding hydrogens is 298 g/mol. The molecule has 5 heteroatoms. The highest BCUT2D eigenvalue weighted by Gasteiger charge is 2.35. The molecule has 1 unspecified atom stereocenters. The molecule has 3 aliphatic rings. The van der Waals surface area contributed by atoms with Crippen molar-refractivity contribution in [1.29, 1.82) is 0 Å². The fraction of sp³-hybridized carbons (Fsp3) is 0.588. The number of piperidine rings is 1. The molecule has 1 atom stereocenters. The first-order chi connectivity index (χ1) is 10.8. The van der Waals surface area contributed by atoms with Crippen LogP contribution in [0.15, 0.2) is 29.2 Å². The fourth-order valence-corrected chi connectivity index (χ4v) is 4.84. The van der Waals surface area contributed by atoms with Gasteiger partial charge >= 0.3 is 0 Å². The third-order valence-corrected chi connectivity index (χ3v) is 6.11. The average Bonchev–Trinajstić information content (AvgIpc) is 3.23. The van der Waals surface area contributed by atoms with Gasteiger partial charge in [-0.2, -0.15) is 0 Å². The lowest BCUT2D eigenvalue weighted by Crippen LogP contribution is -2.44. The number of carbonyl (C=O) groups is 1. The van der Waals surface area contributed by atoms with Crippen LogP contribution in [0.5, 0.6) is 0 Å². The highest BCUT2D eigenvalue weighted by atomic mass is 32.2. The van der Waals surface area contributed by atoms with Crippen molar-refractivity contribution in [1.82, 2.24) is 4.90 Å². The Hall–Kier alpha value is -1.04. The Kier molecular flexibility index (Phi) is 4.11. The van der Waals surface area contributed by atoms with E-state index in [0.29, 0.717) is 25.0 Å². The van der Waals surface area contributed by atoms with Crippen LogP contribution >= 0.6 is 11.8 Å². The molecule has 0 spiro atoms. The lowest BCUT2D eigenvalue weighted by atomic mass is 9.95. The average molecular weight is 319 g/mol. The normalized spacial score (nSPS) is 26.4. The summed E-state index contributed by atoms with van der Waals surface area (Å²) in [7, 11) is 0. The Morgan fingerprint density at radius 3 is 2.59 bits per heavy atom. The van der Waals surface area contributed by atoms with E-state index in [1.54, 1.807) is 11.8 Å². The smallest absolute Gasteiger partial charge is 0.236 e. The maximum Gasteiger partial charge on any atom is 0.236 e. The van der Waals surface area contributed by atoms with Crippen LogP contribution in [0.4, 0.5) is 0 Å². The molecule has 1 aromatic rings. The molecule has 0 saturated carbocycles. The van der Waals surface area contributed by atoms with E-state index < -0.39 is 0 Å². The van der Waals surface area contributed by atoms with Gasteiger partial charge in [-0.05, 0) is 30.9 Å². The summed E-state index contributed by atoms with van der Waals surface area (Å²) in [6, 6.07) is 8.36. The van der Waals surface area contributed by atoms with E-state index in [2.05, 4.69) is 18.2 Å². The monoisotopic (exact) mass is 319 g/mol. The summed E-state index contributed by atoms with van der Waals surface area (Å²) >= 11 is 1.72. The molecule has 0 aromatic heterocycles. The Labute approximate surface area is 135 Å². The molecule has 1 amide bonds. The van der Waals surface area contributed by atoms with E-state index in [0.717, 1.165) is 32.4 Å². The Balaban J connectivity index is 1.33. The van der Waals surface area contributed by atoms with Crippen molar-refractivity contribution in [2.75, 3.05) is 26.3 Å². The molecule has 4 nitrogen and oxygen atoms in total. The summed E-state index contributed by atoms with van der Waals surface area (Å²) in [6.07, 6.45) is 2.80. The number of fused-ring (bicyclic) bond motifs is 1. The largest absolute Gasteiger partial charge is 0.350 e. The number of rotatable bonds is 2. The Morgan fingerprint density at radius 1 is 1.14 bits per heavy atom. The molecule has 4 rings (SSSR count). The van der Waals surface area contributed by atoms with E-state index in [9.17, 15) is 4.79 Å². The van der Waals surface area contributed by atoms with Gasteiger partial charge in [0.1, 0.15) is 0 Å².